The maximum atomic E-state index is 13.7. The number of benzene rings is 3. The monoisotopic (exact) mass is 754 g/mol. The van der Waals surface area contributed by atoms with Crippen LogP contribution in [-0.4, -0.2) is 35.7 Å². The number of nitrogens with zero attached hydrogens (tertiary/aromatic N) is 1. The number of amides is 1. The molecule has 42 heavy (non-hydrogen) atoms. The molecule has 5 rings (SSSR count). The largest absolute Gasteiger partial charge is 0.480 e. The predicted molar refractivity (Wildman–Crippen MR) is 173 cm³/mol. The van der Waals surface area contributed by atoms with Crippen LogP contribution in [0.25, 0.3) is 0 Å². The van der Waals surface area contributed by atoms with E-state index >= 15 is 0 Å². The van der Waals surface area contributed by atoms with Gasteiger partial charge in [-0.25, -0.2) is 13.2 Å². The van der Waals surface area contributed by atoms with Crippen LogP contribution in [0, 0.1) is 3.57 Å². The molecule has 216 valence electrons. The topological polar surface area (TPSA) is 128 Å². The Morgan fingerprint density at radius 2 is 1.60 bits per heavy atom. The van der Waals surface area contributed by atoms with Crippen LogP contribution in [0.2, 0.25) is 10.0 Å². The van der Waals surface area contributed by atoms with Gasteiger partial charge in [-0.15, -0.1) is 0 Å². The molecule has 0 saturated heterocycles. The summed E-state index contributed by atoms with van der Waals surface area (Å²) < 4.78 is 34.7. The standard InChI is InChI=1S/C28H21Cl2IN4O5S2/c29-18-7-3-16(4-8-18)25(17-5-9-19(30)10-6-17)26(28(37)38)33-27(36)21-12-11-20(31)14-22(21)34-42(39,40)24-2-1-13-35-23(24)15-32-41-35/h1-15,25-26,32,34H,(H,33,36)(H,37,38)/t26-/m0/s1. The van der Waals surface area contributed by atoms with Crippen molar-refractivity contribution >= 4 is 85.5 Å². The molecule has 0 saturated carbocycles. The van der Waals surface area contributed by atoms with Crippen molar-refractivity contribution in [2.45, 2.75) is 12.0 Å². The van der Waals surface area contributed by atoms with Crippen LogP contribution in [0.3, 0.4) is 0 Å². The number of halogens is 3. The van der Waals surface area contributed by atoms with Crippen LogP contribution in [0.4, 0.5) is 5.69 Å². The van der Waals surface area contributed by atoms with Gasteiger partial charge in [0.2, 0.25) is 0 Å². The first-order valence-corrected chi connectivity index (χ1v) is 16.3. The fourth-order valence-corrected chi connectivity index (χ4v) is 7.20. The lowest BCUT2D eigenvalue weighted by molar-refractivity contribution is -0.139. The van der Waals surface area contributed by atoms with Crippen LogP contribution in [0.15, 0.2) is 102 Å². The third-order valence-electron chi connectivity index (χ3n) is 6.41. The molecule has 0 aliphatic carbocycles. The van der Waals surface area contributed by atoms with Crippen molar-refractivity contribution in [1.82, 2.24) is 14.3 Å². The number of nitrogens with one attached hydrogen (secondary N) is 3. The quantitative estimate of drug-likeness (QED) is 0.153. The molecular weight excluding hydrogens is 734 g/mol. The Hall–Kier alpha value is -3.17. The second-order valence-corrected chi connectivity index (χ2v) is 13.7. The van der Waals surface area contributed by atoms with Gasteiger partial charge >= 0.3 is 5.97 Å². The van der Waals surface area contributed by atoms with Gasteiger partial charge in [0.05, 0.1) is 29.1 Å². The summed E-state index contributed by atoms with van der Waals surface area (Å²) in [5.41, 5.74) is 1.56. The predicted octanol–water partition coefficient (Wildman–Crippen LogP) is 6.08. The number of rotatable bonds is 9. The first-order valence-electron chi connectivity index (χ1n) is 12.2. The summed E-state index contributed by atoms with van der Waals surface area (Å²) >= 11 is 15.4. The Balaban J connectivity index is 1.49. The Morgan fingerprint density at radius 3 is 2.19 bits per heavy atom. The minimum absolute atomic E-state index is 0.000660. The van der Waals surface area contributed by atoms with Crippen LogP contribution >= 0.6 is 57.9 Å². The highest BCUT2D eigenvalue weighted by molar-refractivity contribution is 14.1. The van der Waals surface area contributed by atoms with E-state index in [0.717, 1.165) is 0 Å². The molecule has 2 aliphatic heterocycles. The first kappa shape index (κ1) is 30.3. The zero-order valence-corrected chi connectivity index (χ0v) is 26.6. The second-order valence-electron chi connectivity index (χ2n) is 9.10. The molecule has 0 fully saturated rings. The Labute approximate surface area is 270 Å². The number of hydrogen-bond donors (Lipinski definition) is 4. The number of carboxylic acids is 1. The highest BCUT2D eigenvalue weighted by Crippen LogP contribution is 2.35. The van der Waals surface area contributed by atoms with Crippen molar-refractivity contribution in [2.75, 3.05) is 4.72 Å². The SMILES string of the molecule is O=C(N[C@H](C(=O)O)C(c1ccc(Cl)cc1)c1ccc(Cl)cc1)c1ccc(I)cc1NS(=O)(=O)C1=CC=CN2SNC=C12. The Bertz CT molecular complexity index is 1700. The van der Waals surface area contributed by atoms with Gasteiger partial charge in [-0.05, 0) is 88.3 Å². The van der Waals surface area contributed by atoms with Crippen molar-refractivity contribution in [3.63, 3.8) is 0 Å². The second kappa shape index (κ2) is 12.6. The molecule has 3 aromatic carbocycles. The van der Waals surface area contributed by atoms with Gasteiger partial charge in [0.25, 0.3) is 15.9 Å². The summed E-state index contributed by atoms with van der Waals surface area (Å²) in [7, 11) is -4.15. The van der Waals surface area contributed by atoms with Gasteiger partial charge < -0.3 is 15.1 Å². The number of carbonyl (C=O) groups excluding carboxylic acids is 1. The molecular formula is C28H21Cl2IN4O5S2. The zero-order valence-electron chi connectivity index (χ0n) is 21.3. The van der Waals surface area contributed by atoms with Crippen LogP contribution in [-0.2, 0) is 14.8 Å². The molecule has 0 aromatic heterocycles. The first-order chi connectivity index (χ1) is 20.0. The average molecular weight is 755 g/mol. The van der Waals surface area contributed by atoms with Crippen LogP contribution in [0.1, 0.15) is 27.4 Å². The summed E-state index contributed by atoms with van der Waals surface area (Å²) in [6.07, 6.45) is 6.32. The minimum atomic E-state index is -4.15. The van der Waals surface area contributed by atoms with Crippen molar-refractivity contribution < 1.29 is 23.1 Å². The van der Waals surface area contributed by atoms with E-state index in [-0.39, 0.29) is 16.2 Å². The molecule has 2 heterocycles. The number of aliphatic carboxylic acids is 1. The molecule has 3 aromatic rings. The van der Waals surface area contributed by atoms with Crippen molar-refractivity contribution in [2.24, 2.45) is 0 Å². The van der Waals surface area contributed by atoms with E-state index in [1.165, 1.54) is 30.3 Å². The number of allylic oxidation sites excluding steroid dienone is 2. The summed E-state index contributed by atoms with van der Waals surface area (Å²) in [4.78, 5) is 26.4. The number of sulfonamides is 1. The molecule has 9 nitrogen and oxygen atoms in total. The number of anilines is 1. The lowest BCUT2D eigenvalue weighted by Crippen LogP contribution is -2.45. The molecule has 0 unspecified atom stereocenters. The molecule has 14 heteroatoms. The lowest BCUT2D eigenvalue weighted by atomic mass is 9.84. The molecule has 0 radical (unpaired) electrons. The van der Waals surface area contributed by atoms with Crippen molar-refractivity contribution in [3.05, 3.63) is 132 Å². The lowest BCUT2D eigenvalue weighted by Gasteiger charge is -2.27. The van der Waals surface area contributed by atoms with Crippen LogP contribution < -0.4 is 14.8 Å². The minimum Gasteiger partial charge on any atom is -0.480 e. The third-order valence-corrected chi connectivity index (χ3v) is 9.74. The summed E-state index contributed by atoms with van der Waals surface area (Å²) in [6, 6.07) is 16.4. The van der Waals surface area contributed by atoms with Crippen molar-refractivity contribution in [1.29, 1.82) is 0 Å². The van der Waals surface area contributed by atoms with E-state index in [9.17, 15) is 23.1 Å². The van der Waals surface area contributed by atoms with E-state index in [2.05, 4.69) is 14.8 Å². The Morgan fingerprint density at radius 1 is 0.976 bits per heavy atom. The van der Waals surface area contributed by atoms with Crippen molar-refractivity contribution in [3.8, 4) is 0 Å². The van der Waals surface area contributed by atoms with E-state index in [1.807, 2.05) is 22.6 Å². The van der Waals surface area contributed by atoms with E-state index < -0.39 is 33.9 Å². The number of hydrogen-bond acceptors (Lipinski definition) is 7. The molecule has 0 bridgehead atoms. The third kappa shape index (κ3) is 6.57. The zero-order chi connectivity index (χ0) is 30.0. The molecule has 2 aliphatic rings. The summed E-state index contributed by atoms with van der Waals surface area (Å²) in [5.74, 6) is -2.89. The number of fused-ring (bicyclic) bond motifs is 1. The van der Waals surface area contributed by atoms with E-state index in [4.69, 9.17) is 23.2 Å². The smallest absolute Gasteiger partial charge is 0.327 e. The summed E-state index contributed by atoms with van der Waals surface area (Å²) in [6.45, 7) is 0. The van der Waals surface area contributed by atoms with Gasteiger partial charge in [-0.3, -0.25) is 13.8 Å². The van der Waals surface area contributed by atoms with Gasteiger partial charge in [0.1, 0.15) is 10.9 Å². The molecule has 1 amide bonds. The molecule has 0 spiro atoms. The Kier molecular flexibility index (Phi) is 9.08. The highest BCUT2D eigenvalue weighted by atomic mass is 127. The fourth-order valence-electron chi connectivity index (χ4n) is 4.49. The normalized spacial score (nSPS) is 14.9. The number of carboxylic acid groups (broad SMARTS) is 1. The maximum absolute atomic E-state index is 13.7. The average Bonchev–Trinajstić information content (AvgIpc) is 3.43. The number of carbonyl (C=O) groups is 2. The van der Waals surface area contributed by atoms with Gasteiger partial charge in [0, 0.05) is 31.9 Å². The maximum Gasteiger partial charge on any atom is 0.327 e. The highest BCUT2D eigenvalue weighted by Gasteiger charge is 2.34. The van der Waals surface area contributed by atoms with Crippen LogP contribution in [0.5, 0.6) is 0 Å². The van der Waals surface area contributed by atoms with Gasteiger partial charge in [-0.1, -0.05) is 47.5 Å². The molecule has 1 atom stereocenters. The van der Waals surface area contributed by atoms with E-state index in [1.54, 1.807) is 77.4 Å². The molecule has 4 N–H and O–H groups in total. The summed E-state index contributed by atoms with van der Waals surface area (Å²) in [5, 5.41) is 13.9. The van der Waals surface area contributed by atoms with E-state index in [0.29, 0.717) is 30.4 Å². The fraction of sp³-hybridized carbons (Fsp3) is 0.0714. The van der Waals surface area contributed by atoms with Gasteiger partial charge in [0.15, 0.2) is 0 Å². The van der Waals surface area contributed by atoms with Gasteiger partial charge in [-0.2, -0.15) is 0 Å².